The molecule has 3 rings (SSSR count). The van der Waals surface area contributed by atoms with E-state index in [1.165, 1.54) is 32.6 Å². The van der Waals surface area contributed by atoms with Crippen molar-refractivity contribution in [3.63, 3.8) is 0 Å². The number of benzene rings is 1. The van der Waals surface area contributed by atoms with Crippen LogP contribution in [0.4, 0.5) is 5.69 Å². The molecule has 0 spiro atoms. The maximum absolute atomic E-state index is 12.6. The van der Waals surface area contributed by atoms with Crippen LogP contribution in [0.5, 0.6) is 11.5 Å². The van der Waals surface area contributed by atoms with Crippen molar-refractivity contribution in [2.75, 3.05) is 32.6 Å². The molecule has 0 saturated carbocycles. The van der Waals surface area contributed by atoms with Crippen molar-refractivity contribution in [3.8, 4) is 11.5 Å². The largest absolute Gasteiger partial charge is 0.493 e. The Morgan fingerprint density at radius 3 is 2.65 bits per heavy atom. The maximum Gasteiger partial charge on any atom is 0.272 e. The lowest BCUT2D eigenvalue weighted by Gasteiger charge is -2.29. The zero-order valence-corrected chi connectivity index (χ0v) is 18.1. The van der Waals surface area contributed by atoms with Crippen LogP contribution in [0.1, 0.15) is 28.9 Å². The molecule has 31 heavy (non-hydrogen) atoms. The van der Waals surface area contributed by atoms with Gasteiger partial charge in [0.2, 0.25) is 5.91 Å². The SMILES string of the molecule is COc1cc(/C=C/C(=O)Nc2ccnc(C(=O)N3CCC(O)CC3)c2)cc(Cl)c1OC. The highest BCUT2D eigenvalue weighted by Crippen LogP contribution is 2.36. The van der Waals surface area contributed by atoms with E-state index in [4.69, 9.17) is 21.1 Å². The number of aliphatic hydroxyl groups excluding tert-OH is 1. The van der Waals surface area contributed by atoms with Gasteiger partial charge in [-0.1, -0.05) is 11.6 Å². The number of ether oxygens (including phenoxy) is 2. The minimum absolute atomic E-state index is 0.224. The standard InChI is InChI=1S/C22H24ClN3O5/c1-30-19-12-14(11-17(23)21(19)31-2)3-4-20(28)25-15-5-8-24-18(13-15)22(29)26-9-6-16(27)7-10-26/h3-5,8,11-13,16,27H,6-7,9-10H2,1-2H3,(H,24,25,28)/b4-3+. The lowest BCUT2D eigenvalue weighted by atomic mass is 10.1. The fraction of sp³-hybridized carbons (Fsp3) is 0.318. The van der Waals surface area contributed by atoms with Crippen LogP contribution in [0, 0.1) is 0 Å². The molecule has 164 valence electrons. The number of amides is 2. The second-order valence-electron chi connectivity index (χ2n) is 7.01. The minimum Gasteiger partial charge on any atom is -0.493 e. The summed E-state index contributed by atoms with van der Waals surface area (Å²) in [6, 6.07) is 6.50. The lowest BCUT2D eigenvalue weighted by molar-refractivity contribution is -0.111. The minimum atomic E-state index is -0.378. The molecular formula is C22H24ClN3O5. The fourth-order valence-electron chi connectivity index (χ4n) is 3.25. The first-order chi connectivity index (χ1) is 14.9. The summed E-state index contributed by atoms with van der Waals surface area (Å²) in [7, 11) is 3.00. The normalized spacial score (nSPS) is 14.5. The number of anilines is 1. The number of nitrogens with zero attached hydrogens (tertiary/aromatic N) is 2. The van der Waals surface area contributed by atoms with E-state index in [0.717, 1.165) is 0 Å². The summed E-state index contributed by atoms with van der Waals surface area (Å²) in [6.07, 6.45) is 5.15. The van der Waals surface area contributed by atoms with Gasteiger partial charge in [0.15, 0.2) is 11.5 Å². The number of hydrogen-bond donors (Lipinski definition) is 2. The second-order valence-corrected chi connectivity index (χ2v) is 7.42. The Morgan fingerprint density at radius 1 is 1.23 bits per heavy atom. The Labute approximate surface area is 185 Å². The summed E-state index contributed by atoms with van der Waals surface area (Å²) >= 11 is 6.18. The van der Waals surface area contributed by atoms with Crippen molar-refractivity contribution in [1.29, 1.82) is 0 Å². The molecule has 2 N–H and O–H groups in total. The average Bonchev–Trinajstić information content (AvgIpc) is 2.77. The fourth-order valence-corrected chi connectivity index (χ4v) is 3.54. The van der Waals surface area contributed by atoms with E-state index in [0.29, 0.717) is 53.7 Å². The first-order valence-electron chi connectivity index (χ1n) is 9.75. The quantitative estimate of drug-likeness (QED) is 0.663. The highest BCUT2D eigenvalue weighted by molar-refractivity contribution is 6.32. The molecule has 1 aromatic carbocycles. The zero-order chi connectivity index (χ0) is 22.4. The van der Waals surface area contributed by atoms with Gasteiger partial charge in [-0.3, -0.25) is 14.6 Å². The molecule has 2 heterocycles. The molecule has 1 fully saturated rings. The Balaban J connectivity index is 1.66. The Morgan fingerprint density at radius 2 is 1.97 bits per heavy atom. The third-order valence-electron chi connectivity index (χ3n) is 4.88. The van der Waals surface area contributed by atoms with Gasteiger partial charge in [-0.2, -0.15) is 0 Å². The number of rotatable bonds is 6. The number of methoxy groups -OCH3 is 2. The average molecular weight is 446 g/mol. The third-order valence-corrected chi connectivity index (χ3v) is 5.16. The summed E-state index contributed by atoms with van der Waals surface area (Å²) in [5, 5.41) is 12.7. The molecule has 0 radical (unpaired) electrons. The number of hydrogen-bond acceptors (Lipinski definition) is 6. The van der Waals surface area contributed by atoms with Gasteiger partial charge in [-0.15, -0.1) is 0 Å². The molecule has 8 nitrogen and oxygen atoms in total. The van der Waals surface area contributed by atoms with Gasteiger partial charge in [0.25, 0.3) is 5.91 Å². The van der Waals surface area contributed by atoms with Crippen molar-refractivity contribution < 1.29 is 24.2 Å². The molecule has 0 aliphatic carbocycles. The summed E-state index contributed by atoms with van der Waals surface area (Å²) < 4.78 is 10.4. The van der Waals surface area contributed by atoms with Crippen LogP contribution in [0.2, 0.25) is 5.02 Å². The molecule has 0 bridgehead atoms. The zero-order valence-electron chi connectivity index (χ0n) is 17.3. The Bertz CT molecular complexity index is 987. The number of carbonyl (C=O) groups is 2. The van der Waals surface area contributed by atoms with Crippen molar-refractivity contribution in [2.45, 2.75) is 18.9 Å². The van der Waals surface area contributed by atoms with Crippen LogP contribution in [0.3, 0.4) is 0 Å². The lowest BCUT2D eigenvalue weighted by Crippen LogP contribution is -2.40. The highest BCUT2D eigenvalue weighted by atomic mass is 35.5. The maximum atomic E-state index is 12.6. The van der Waals surface area contributed by atoms with Gasteiger partial charge in [0, 0.05) is 31.0 Å². The molecule has 2 amide bonds. The van der Waals surface area contributed by atoms with E-state index in [1.807, 2.05) is 0 Å². The summed E-state index contributed by atoms with van der Waals surface area (Å²) in [5.74, 6) is 0.274. The van der Waals surface area contributed by atoms with Gasteiger partial charge in [-0.05, 0) is 48.7 Å². The third kappa shape index (κ3) is 5.74. The van der Waals surface area contributed by atoms with E-state index in [1.54, 1.807) is 29.2 Å². The first kappa shape index (κ1) is 22.6. The van der Waals surface area contributed by atoms with Crippen molar-refractivity contribution >= 4 is 35.2 Å². The number of halogens is 1. The van der Waals surface area contributed by atoms with Crippen molar-refractivity contribution in [2.24, 2.45) is 0 Å². The Hall–Kier alpha value is -3.10. The molecule has 0 atom stereocenters. The van der Waals surface area contributed by atoms with E-state index < -0.39 is 0 Å². The smallest absolute Gasteiger partial charge is 0.272 e. The molecule has 1 saturated heterocycles. The van der Waals surface area contributed by atoms with E-state index in [-0.39, 0.29) is 23.6 Å². The highest BCUT2D eigenvalue weighted by Gasteiger charge is 2.23. The number of pyridine rings is 1. The van der Waals surface area contributed by atoms with Crippen LogP contribution in [-0.2, 0) is 4.79 Å². The molecule has 1 aliphatic rings. The number of aromatic nitrogens is 1. The topological polar surface area (TPSA) is 101 Å². The van der Waals surface area contributed by atoms with Crippen LogP contribution >= 0.6 is 11.6 Å². The number of piperidine rings is 1. The van der Waals surface area contributed by atoms with Crippen molar-refractivity contribution in [3.05, 3.63) is 52.8 Å². The molecular weight excluding hydrogens is 422 g/mol. The molecule has 1 aromatic heterocycles. The summed E-state index contributed by atoms with van der Waals surface area (Å²) in [6.45, 7) is 0.962. The molecule has 1 aliphatic heterocycles. The molecule has 9 heteroatoms. The summed E-state index contributed by atoms with van der Waals surface area (Å²) in [5.41, 5.74) is 1.36. The van der Waals surface area contributed by atoms with Gasteiger partial charge in [0.1, 0.15) is 5.69 Å². The first-order valence-corrected chi connectivity index (χ1v) is 10.1. The van der Waals surface area contributed by atoms with Crippen molar-refractivity contribution in [1.82, 2.24) is 9.88 Å². The number of aliphatic hydroxyl groups is 1. The number of carbonyl (C=O) groups excluding carboxylic acids is 2. The second kappa shape index (κ2) is 10.3. The molecule has 2 aromatic rings. The van der Waals surface area contributed by atoms with E-state index in [9.17, 15) is 14.7 Å². The van der Waals surface area contributed by atoms with Crippen LogP contribution in [-0.4, -0.2) is 60.2 Å². The van der Waals surface area contributed by atoms with E-state index >= 15 is 0 Å². The number of likely N-dealkylation sites (tertiary alicyclic amines) is 1. The van der Waals surface area contributed by atoms with Crippen LogP contribution in [0.25, 0.3) is 6.08 Å². The predicted octanol–water partition coefficient (Wildman–Crippen LogP) is 3.00. The van der Waals surface area contributed by atoms with Gasteiger partial charge in [-0.25, -0.2) is 0 Å². The van der Waals surface area contributed by atoms with Gasteiger partial charge < -0.3 is 24.8 Å². The van der Waals surface area contributed by atoms with Gasteiger partial charge >= 0.3 is 0 Å². The Kier molecular flexibility index (Phi) is 7.49. The summed E-state index contributed by atoms with van der Waals surface area (Å²) in [4.78, 5) is 30.7. The predicted molar refractivity (Wildman–Crippen MR) is 118 cm³/mol. The van der Waals surface area contributed by atoms with E-state index in [2.05, 4.69) is 10.3 Å². The number of nitrogens with one attached hydrogen (secondary N) is 1. The van der Waals surface area contributed by atoms with Gasteiger partial charge in [0.05, 0.1) is 25.3 Å². The van der Waals surface area contributed by atoms with Crippen LogP contribution < -0.4 is 14.8 Å². The monoisotopic (exact) mass is 445 g/mol. The molecule has 0 unspecified atom stereocenters. The van der Waals surface area contributed by atoms with Crippen LogP contribution in [0.15, 0.2) is 36.5 Å².